The molecule has 0 saturated heterocycles. The molecule has 0 fully saturated rings. The molecule has 0 atom stereocenters. The van der Waals surface area contributed by atoms with E-state index in [0.29, 0.717) is 5.82 Å². The summed E-state index contributed by atoms with van der Waals surface area (Å²) in [6, 6.07) is 3.97. The topological polar surface area (TPSA) is 47.5 Å². The average Bonchev–Trinajstić information content (AvgIpc) is 2.78. The predicted molar refractivity (Wildman–Crippen MR) is 64.0 cm³/mol. The molecule has 90 valence electrons. The highest BCUT2D eigenvalue weighted by atomic mass is 15.6. The first-order chi connectivity index (χ1) is 8.29. The third-order valence-corrected chi connectivity index (χ3v) is 2.61. The molecule has 0 aliphatic heterocycles. The highest BCUT2D eigenvalue weighted by molar-refractivity contribution is 5.50. The van der Waals surface area contributed by atoms with Crippen molar-refractivity contribution >= 4 is 0 Å². The second-order valence-electron chi connectivity index (χ2n) is 4.17. The van der Waals surface area contributed by atoms with E-state index >= 15 is 0 Å². The fourth-order valence-electron chi connectivity index (χ4n) is 1.68. The summed E-state index contributed by atoms with van der Waals surface area (Å²) in [4.78, 5) is 1.68. The number of rotatable bonds is 5. The Morgan fingerprint density at radius 3 is 3.00 bits per heavy atom. The first-order valence-corrected chi connectivity index (χ1v) is 6.03. The lowest BCUT2D eigenvalue weighted by molar-refractivity contribution is -0.671. The van der Waals surface area contributed by atoms with Gasteiger partial charge in [0.1, 0.15) is 7.05 Å². The summed E-state index contributed by atoms with van der Waals surface area (Å²) < 4.78 is 1.98. The summed E-state index contributed by atoms with van der Waals surface area (Å²) >= 11 is 0. The van der Waals surface area contributed by atoms with Crippen LogP contribution in [0.3, 0.4) is 0 Å². The van der Waals surface area contributed by atoms with Gasteiger partial charge in [-0.25, -0.2) is 4.57 Å². The predicted octanol–water partition coefficient (Wildman–Crippen LogP) is 1.35. The first kappa shape index (κ1) is 11.7. The van der Waals surface area contributed by atoms with Crippen molar-refractivity contribution < 1.29 is 4.57 Å². The summed E-state index contributed by atoms with van der Waals surface area (Å²) in [7, 11) is 1.98. The van der Waals surface area contributed by atoms with Gasteiger partial charge in [-0.2, -0.15) is 4.80 Å². The van der Waals surface area contributed by atoms with E-state index in [1.165, 1.54) is 12.8 Å². The van der Waals surface area contributed by atoms with Crippen LogP contribution in [-0.4, -0.2) is 20.2 Å². The van der Waals surface area contributed by atoms with Gasteiger partial charge in [0, 0.05) is 6.07 Å². The maximum atomic E-state index is 4.37. The lowest BCUT2D eigenvalue weighted by atomic mass is 10.2. The van der Waals surface area contributed by atoms with E-state index in [0.717, 1.165) is 18.5 Å². The Labute approximate surface area is 101 Å². The van der Waals surface area contributed by atoms with Crippen LogP contribution < -0.4 is 4.57 Å². The van der Waals surface area contributed by atoms with Crippen molar-refractivity contribution in [1.29, 1.82) is 0 Å². The summed E-state index contributed by atoms with van der Waals surface area (Å²) in [5.41, 5.74) is 0.997. The molecule has 0 N–H and O–H groups in total. The largest absolute Gasteiger partial charge is 0.210 e. The van der Waals surface area contributed by atoms with Gasteiger partial charge in [0.05, 0.1) is 12.1 Å². The van der Waals surface area contributed by atoms with E-state index in [2.05, 4.69) is 22.3 Å². The number of pyridine rings is 1. The minimum absolute atomic E-state index is 0.692. The zero-order valence-electron chi connectivity index (χ0n) is 10.4. The highest BCUT2D eigenvalue weighted by Crippen LogP contribution is 2.09. The Hall–Kier alpha value is -1.78. The second-order valence-corrected chi connectivity index (χ2v) is 4.17. The van der Waals surface area contributed by atoms with E-state index in [-0.39, 0.29) is 0 Å². The number of aromatic nitrogens is 5. The molecular formula is C12H18N5+. The number of nitrogens with zero attached hydrogens (tertiary/aromatic N) is 5. The SMILES string of the molecule is CCCCCn1nnc(-c2ccc[n+](C)c2)n1. The smallest absolute Gasteiger partial charge is 0.207 e. The Morgan fingerprint density at radius 2 is 2.24 bits per heavy atom. The molecule has 17 heavy (non-hydrogen) atoms. The number of tetrazole rings is 1. The number of hydrogen-bond acceptors (Lipinski definition) is 3. The lowest BCUT2D eigenvalue weighted by Crippen LogP contribution is -2.26. The Morgan fingerprint density at radius 1 is 1.35 bits per heavy atom. The van der Waals surface area contributed by atoms with Crippen LogP contribution in [0.2, 0.25) is 0 Å². The van der Waals surface area contributed by atoms with Gasteiger partial charge in [0.15, 0.2) is 12.4 Å². The molecule has 0 radical (unpaired) electrons. The zero-order valence-corrected chi connectivity index (χ0v) is 10.4. The van der Waals surface area contributed by atoms with Crippen molar-refractivity contribution in [2.45, 2.75) is 32.7 Å². The third-order valence-electron chi connectivity index (χ3n) is 2.61. The molecule has 0 aliphatic rings. The zero-order chi connectivity index (χ0) is 12.1. The van der Waals surface area contributed by atoms with Crippen LogP contribution in [0, 0.1) is 0 Å². The van der Waals surface area contributed by atoms with Crippen molar-refractivity contribution in [3.8, 4) is 11.4 Å². The molecule has 5 heteroatoms. The molecule has 0 aliphatic carbocycles. The fraction of sp³-hybridized carbons (Fsp3) is 0.500. The third kappa shape index (κ3) is 3.09. The summed E-state index contributed by atoms with van der Waals surface area (Å²) in [6.07, 6.45) is 7.49. The van der Waals surface area contributed by atoms with Crippen molar-refractivity contribution in [2.75, 3.05) is 0 Å². The van der Waals surface area contributed by atoms with Crippen molar-refractivity contribution in [3.63, 3.8) is 0 Å². The molecule has 0 bridgehead atoms. The maximum Gasteiger partial charge on any atom is 0.210 e. The van der Waals surface area contributed by atoms with Crippen molar-refractivity contribution in [2.24, 2.45) is 7.05 Å². The molecule has 0 spiro atoms. The van der Waals surface area contributed by atoms with Crippen LogP contribution in [0.4, 0.5) is 0 Å². The Kier molecular flexibility index (Phi) is 3.80. The molecule has 2 aromatic heterocycles. The van der Waals surface area contributed by atoms with Gasteiger partial charge >= 0.3 is 0 Å². The van der Waals surface area contributed by atoms with E-state index in [1.54, 1.807) is 4.80 Å². The number of hydrogen-bond donors (Lipinski definition) is 0. The van der Waals surface area contributed by atoms with Crippen LogP contribution in [0.5, 0.6) is 0 Å². The summed E-state index contributed by atoms with van der Waals surface area (Å²) in [6.45, 7) is 3.03. The van der Waals surface area contributed by atoms with E-state index in [1.807, 2.05) is 36.1 Å². The van der Waals surface area contributed by atoms with Gasteiger partial charge in [-0.05, 0) is 17.7 Å². The van der Waals surface area contributed by atoms with Gasteiger partial charge in [-0.1, -0.05) is 19.8 Å². The van der Waals surface area contributed by atoms with Gasteiger partial charge in [-0.15, -0.1) is 10.2 Å². The molecule has 2 aromatic rings. The van der Waals surface area contributed by atoms with Gasteiger partial charge in [0.2, 0.25) is 5.82 Å². The van der Waals surface area contributed by atoms with Crippen LogP contribution in [-0.2, 0) is 13.6 Å². The van der Waals surface area contributed by atoms with Crippen molar-refractivity contribution in [3.05, 3.63) is 24.5 Å². The fourth-order valence-corrected chi connectivity index (χ4v) is 1.68. The standard InChI is InChI=1S/C12H18N5/c1-3-4-5-9-17-14-12(13-15-17)11-7-6-8-16(2)10-11/h6-8,10H,3-5,9H2,1-2H3/q+1. The Balaban J connectivity index is 2.07. The molecule has 0 unspecified atom stereocenters. The second kappa shape index (κ2) is 5.52. The molecule has 5 nitrogen and oxygen atoms in total. The van der Waals surface area contributed by atoms with Crippen LogP contribution in [0.1, 0.15) is 26.2 Å². The van der Waals surface area contributed by atoms with Crippen molar-refractivity contribution in [1.82, 2.24) is 20.2 Å². The van der Waals surface area contributed by atoms with Crippen LogP contribution >= 0.6 is 0 Å². The molecule has 0 amide bonds. The molecular weight excluding hydrogens is 214 g/mol. The minimum atomic E-state index is 0.692. The van der Waals surface area contributed by atoms with E-state index in [4.69, 9.17) is 0 Å². The highest BCUT2D eigenvalue weighted by Gasteiger charge is 2.08. The van der Waals surface area contributed by atoms with Gasteiger partial charge in [-0.3, -0.25) is 0 Å². The Bertz CT molecular complexity index is 477. The monoisotopic (exact) mass is 232 g/mol. The average molecular weight is 232 g/mol. The van der Waals surface area contributed by atoms with E-state index < -0.39 is 0 Å². The van der Waals surface area contributed by atoms with E-state index in [9.17, 15) is 0 Å². The quantitative estimate of drug-likeness (QED) is 0.577. The lowest BCUT2D eigenvalue weighted by Gasteiger charge is -1.96. The molecule has 0 saturated carbocycles. The summed E-state index contributed by atoms with van der Waals surface area (Å²) in [5.74, 6) is 0.692. The van der Waals surface area contributed by atoms with Crippen LogP contribution in [0.15, 0.2) is 24.5 Å². The first-order valence-electron chi connectivity index (χ1n) is 6.03. The summed E-state index contributed by atoms with van der Waals surface area (Å²) in [5, 5.41) is 12.5. The van der Waals surface area contributed by atoms with Crippen LogP contribution in [0.25, 0.3) is 11.4 Å². The maximum absolute atomic E-state index is 4.37. The number of aryl methyl sites for hydroxylation is 2. The van der Waals surface area contributed by atoms with Gasteiger partial charge < -0.3 is 0 Å². The van der Waals surface area contributed by atoms with Gasteiger partial charge in [0.25, 0.3) is 0 Å². The molecule has 2 rings (SSSR count). The molecule has 2 heterocycles. The molecule has 0 aromatic carbocycles. The minimum Gasteiger partial charge on any atom is -0.207 e. The number of unbranched alkanes of at least 4 members (excludes halogenated alkanes) is 2. The normalized spacial score (nSPS) is 10.7.